The molecule has 0 unspecified atom stereocenters. The van der Waals surface area contributed by atoms with Crippen molar-refractivity contribution in [3.8, 4) is 0 Å². The molecule has 5 aromatic rings. The van der Waals surface area contributed by atoms with Crippen LogP contribution in [0.25, 0.3) is 0 Å². The lowest BCUT2D eigenvalue weighted by Crippen LogP contribution is -2.64. The molecule has 0 aliphatic carbocycles. The van der Waals surface area contributed by atoms with Crippen molar-refractivity contribution in [3.63, 3.8) is 0 Å². The van der Waals surface area contributed by atoms with Crippen LogP contribution >= 0.6 is 0 Å². The van der Waals surface area contributed by atoms with E-state index in [0.717, 1.165) is 0 Å². The molecule has 0 saturated carbocycles. The Morgan fingerprint density at radius 1 is 0.364 bits per heavy atom. The summed E-state index contributed by atoms with van der Waals surface area (Å²) in [6, 6.07) is 46.6. The van der Waals surface area contributed by atoms with Crippen LogP contribution in [0.1, 0.15) is 0 Å². The Hall–Kier alpha value is -3.97. The van der Waals surface area contributed by atoms with Gasteiger partial charge >= 0.3 is 0 Å². The van der Waals surface area contributed by atoms with Gasteiger partial charge in [-0.1, -0.05) is 126 Å². The largest absolute Gasteiger partial charge is 0.313 e. The Balaban J connectivity index is 1.58. The summed E-state index contributed by atoms with van der Waals surface area (Å²) in [5.41, 5.74) is 12.1. The Labute approximate surface area is 195 Å². The first-order valence-electron chi connectivity index (χ1n) is 11.6. The Kier molecular flexibility index (Phi) is 4.10. The number of nitrogens with zero attached hydrogens (tertiary/aromatic N) is 1. The summed E-state index contributed by atoms with van der Waals surface area (Å²) in [4.78, 5) is 2.51. The molecule has 33 heavy (non-hydrogen) atoms. The lowest BCUT2D eigenvalue weighted by atomic mass is 9.30. The quantitative estimate of drug-likeness (QED) is 0.392. The van der Waals surface area contributed by atoms with Crippen molar-refractivity contribution in [1.82, 2.24) is 0 Å². The fourth-order valence-electron chi connectivity index (χ4n) is 5.89. The molecule has 0 spiro atoms. The second-order valence-electron chi connectivity index (χ2n) is 8.93. The number of benzene rings is 5. The van der Waals surface area contributed by atoms with E-state index in [-0.39, 0.29) is 13.4 Å². The molecule has 7 rings (SSSR count). The third-order valence-electron chi connectivity index (χ3n) is 7.19. The summed E-state index contributed by atoms with van der Waals surface area (Å²) >= 11 is 0. The van der Waals surface area contributed by atoms with Crippen LogP contribution in [0.4, 0.5) is 17.1 Å². The van der Waals surface area contributed by atoms with Crippen LogP contribution in [0.5, 0.6) is 0 Å². The molecular formula is C30H21B2N. The predicted molar refractivity (Wildman–Crippen MR) is 143 cm³/mol. The van der Waals surface area contributed by atoms with E-state index in [1.807, 2.05) is 0 Å². The summed E-state index contributed by atoms with van der Waals surface area (Å²) in [7, 11) is 0. The number of rotatable bonds is 2. The maximum absolute atomic E-state index is 2.51. The minimum Gasteiger partial charge on any atom is -0.313 e. The number of fused-ring (bicyclic) bond motifs is 4. The van der Waals surface area contributed by atoms with Gasteiger partial charge in [-0.05, 0) is 34.0 Å². The van der Waals surface area contributed by atoms with Crippen LogP contribution in [0.15, 0.2) is 127 Å². The summed E-state index contributed by atoms with van der Waals surface area (Å²) < 4.78 is 0. The molecule has 5 aromatic carbocycles. The number of hydrogen-bond acceptors (Lipinski definition) is 1. The minimum absolute atomic E-state index is 0.218. The highest BCUT2D eigenvalue weighted by Crippen LogP contribution is 2.36. The molecule has 0 bridgehead atoms. The van der Waals surface area contributed by atoms with E-state index in [9.17, 15) is 0 Å². The summed E-state index contributed by atoms with van der Waals surface area (Å²) in [6.07, 6.45) is 0. The third-order valence-corrected chi connectivity index (χ3v) is 7.19. The van der Waals surface area contributed by atoms with Crippen molar-refractivity contribution in [1.29, 1.82) is 0 Å². The molecule has 0 amide bonds. The maximum Gasteiger partial charge on any atom is 0.246 e. The number of para-hydroxylation sites is 3. The van der Waals surface area contributed by atoms with Gasteiger partial charge < -0.3 is 4.90 Å². The van der Waals surface area contributed by atoms with E-state index in [0.29, 0.717) is 0 Å². The molecule has 0 saturated heterocycles. The third kappa shape index (κ3) is 2.69. The van der Waals surface area contributed by atoms with E-state index in [4.69, 9.17) is 0 Å². The highest BCUT2D eigenvalue weighted by atomic mass is 15.2. The average molecular weight is 417 g/mol. The SMILES string of the molecule is c1ccc(B2c3ccccc3N3c4ccccc4B(c4ccccc4)c4cccc2c43)cc1. The van der Waals surface area contributed by atoms with Crippen LogP contribution in [0.3, 0.4) is 0 Å². The van der Waals surface area contributed by atoms with Gasteiger partial charge in [0, 0.05) is 17.1 Å². The first kappa shape index (κ1) is 18.6. The Bertz CT molecular complexity index is 1370. The van der Waals surface area contributed by atoms with E-state index < -0.39 is 0 Å². The van der Waals surface area contributed by atoms with Crippen LogP contribution in [0, 0.1) is 0 Å². The molecule has 152 valence electrons. The van der Waals surface area contributed by atoms with Gasteiger partial charge in [-0.25, -0.2) is 0 Å². The first-order valence-corrected chi connectivity index (χ1v) is 11.6. The van der Waals surface area contributed by atoms with Crippen molar-refractivity contribution in [2.75, 3.05) is 4.90 Å². The smallest absolute Gasteiger partial charge is 0.246 e. The molecule has 3 heteroatoms. The van der Waals surface area contributed by atoms with Crippen LogP contribution < -0.4 is 37.7 Å². The summed E-state index contributed by atoms with van der Waals surface area (Å²) in [5, 5.41) is 0. The fourth-order valence-corrected chi connectivity index (χ4v) is 5.89. The maximum atomic E-state index is 2.51. The summed E-state index contributed by atoms with van der Waals surface area (Å²) in [6.45, 7) is 0.436. The highest BCUT2D eigenvalue weighted by Gasteiger charge is 2.42. The van der Waals surface area contributed by atoms with Gasteiger partial charge in [-0.3, -0.25) is 0 Å². The van der Waals surface area contributed by atoms with Crippen LogP contribution in [-0.4, -0.2) is 13.4 Å². The van der Waals surface area contributed by atoms with Crippen LogP contribution in [-0.2, 0) is 0 Å². The topological polar surface area (TPSA) is 3.24 Å². The fraction of sp³-hybridized carbons (Fsp3) is 0. The standard InChI is InChI=1S/C30H21B2N/c1-3-12-22(13-4-1)31-24-16-7-9-20-28(24)33-29-21-10-8-17-25(29)32(23-14-5-2-6-15-23)27-19-11-18-26(31)30(27)33/h1-21H. The monoisotopic (exact) mass is 417 g/mol. The first-order chi connectivity index (χ1) is 16.4. The molecule has 0 atom stereocenters. The van der Waals surface area contributed by atoms with Crippen molar-refractivity contribution < 1.29 is 0 Å². The van der Waals surface area contributed by atoms with E-state index in [1.165, 1.54) is 49.8 Å². The lowest BCUT2D eigenvalue weighted by molar-refractivity contribution is 1.30. The van der Waals surface area contributed by atoms with Gasteiger partial charge in [0.25, 0.3) is 0 Å². The van der Waals surface area contributed by atoms with Gasteiger partial charge in [0.15, 0.2) is 0 Å². The Morgan fingerprint density at radius 2 is 0.758 bits per heavy atom. The van der Waals surface area contributed by atoms with Gasteiger partial charge in [0.1, 0.15) is 0 Å². The number of anilines is 3. The lowest BCUT2D eigenvalue weighted by Gasteiger charge is -2.43. The average Bonchev–Trinajstić information content (AvgIpc) is 2.89. The number of hydrogen-bond donors (Lipinski definition) is 0. The van der Waals surface area contributed by atoms with Crippen molar-refractivity contribution in [2.24, 2.45) is 0 Å². The van der Waals surface area contributed by atoms with Crippen molar-refractivity contribution >= 4 is 63.3 Å². The molecule has 2 aliphatic rings. The van der Waals surface area contributed by atoms with E-state index in [1.54, 1.807) is 0 Å². The molecule has 0 N–H and O–H groups in total. The molecule has 0 radical (unpaired) electrons. The van der Waals surface area contributed by atoms with Gasteiger partial charge in [0.2, 0.25) is 13.4 Å². The van der Waals surface area contributed by atoms with Crippen molar-refractivity contribution in [2.45, 2.75) is 0 Å². The minimum atomic E-state index is 0.218. The molecule has 1 nitrogen and oxygen atoms in total. The zero-order valence-corrected chi connectivity index (χ0v) is 18.2. The van der Waals surface area contributed by atoms with Crippen LogP contribution in [0.2, 0.25) is 0 Å². The summed E-state index contributed by atoms with van der Waals surface area (Å²) in [5.74, 6) is 0. The van der Waals surface area contributed by atoms with Gasteiger partial charge in [-0.15, -0.1) is 0 Å². The zero-order valence-electron chi connectivity index (χ0n) is 18.2. The highest BCUT2D eigenvalue weighted by molar-refractivity contribution is 7.02. The second kappa shape index (κ2) is 7.28. The van der Waals surface area contributed by atoms with E-state index in [2.05, 4.69) is 132 Å². The zero-order chi connectivity index (χ0) is 21.8. The molecule has 2 aliphatic heterocycles. The second-order valence-corrected chi connectivity index (χ2v) is 8.93. The van der Waals surface area contributed by atoms with E-state index >= 15 is 0 Å². The van der Waals surface area contributed by atoms with Gasteiger partial charge in [0.05, 0.1) is 0 Å². The molecular weight excluding hydrogens is 396 g/mol. The normalized spacial score (nSPS) is 13.3. The molecule has 2 heterocycles. The van der Waals surface area contributed by atoms with Gasteiger partial charge in [-0.2, -0.15) is 0 Å². The predicted octanol–water partition coefficient (Wildman–Crippen LogP) is 2.82. The molecule has 0 fully saturated rings. The molecule has 0 aromatic heterocycles. The Morgan fingerprint density at radius 3 is 1.24 bits per heavy atom. The van der Waals surface area contributed by atoms with Crippen molar-refractivity contribution in [3.05, 3.63) is 127 Å².